The molecule has 0 unspecified atom stereocenters. The molecule has 2 rings (SSSR count). The molecule has 2 atom stereocenters. The lowest BCUT2D eigenvalue weighted by atomic mass is 10.2. The van der Waals surface area contributed by atoms with Gasteiger partial charge in [-0.25, -0.2) is 0 Å². The lowest BCUT2D eigenvalue weighted by Gasteiger charge is -2.35. The van der Waals surface area contributed by atoms with Gasteiger partial charge in [0.25, 0.3) is 0 Å². The molecular formula is C15H22ClN3O2. The van der Waals surface area contributed by atoms with Gasteiger partial charge >= 0.3 is 0 Å². The number of morpholine rings is 1. The number of halogens is 1. The minimum Gasteiger partial charge on any atom is -0.397 e. The van der Waals surface area contributed by atoms with Crippen LogP contribution in [0.2, 0.25) is 5.02 Å². The molecule has 1 aliphatic heterocycles. The van der Waals surface area contributed by atoms with Gasteiger partial charge in [-0.2, -0.15) is 0 Å². The normalized spacial score (nSPS) is 23.0. The van der Waals surface area contributed by atoms with Gasteiger partial charge in [-0.1, -0.05) is 11.6 Å². The minimum atomic E-state index is -0.0455. The Labute approximate surface area is 130 Å². The van der Waals surface area contributed by atoms with Gasteiger partial charge in [0, 0.05) is 31.1 Å². The smallest absolute Gasteiger partial charge is 0.225 e. The van der Waals surface area contributed by atoms with E-state index in [1.807, 2.05) is 0 Å². The number of rotatable bonds is 4. The van der Waals surface area contributed by atoms with Crippen molar-refractivity contribution in [3.05, 3.63) is 23.2 Å². The zero-order chi connectivity index (χ0) is 15.4. The van der Waals surface area contributed by atoms with Crippen LogP contribution in [0.15, 0.2) is 18.2 Å². The van der Waals surface area contributed by atoms with Gasteiger partial charge in [-0.3, -0.25) is 9.69 Å². The van der Waals surface area contributed by atoms with Crippen LogP contribution >= 0.6 is 11.6 Å². The maximum atomic E-state index is 12.0. The predicted molar refractivity (Wildman–Crippen MR) is 85.6 cm³/mol. The maximum Gasteiger partial charge on any atom is 0.225 e. The summed E-state index contributed by atoms with van der Waals surface area (Å²) in [5.74, 6) is -0.0455. The van der Waals surface area contributed by atoms with E-state index in [9.17, 15) is 4.79 Å². The fourth-order valence-electron chi connectivity index (χ4n) is 2.59. The molecule has 1 aliphatic rings. The standard InChI is InChI=1S/C15H22ClN3O2/c1-10-8-19(9-11(2)21-10)6-5-15(20)18-14-4-3-12(16)7-13(14)17/h3-4,7,10-11H,5-6,8-9,17H2,1-2H3,(H,18,20)/t10-,11+. The first-order chi connectivity index (χ1) is 9.94. The van der Waals surface area contributed by atoms with Crippen molar-refractivity contribution >= 4 is 28.9 Å². The molecule has 6 heteroatoms. The molecule has 0 aromatic heterocycles. The first kappa shape index (κ1) is 16.1. The molecular weight excluding hydrogens is 290 g/mol. The number of anilines is 2. The predicted octanol–water partition coefficient (Wildman–Crippen LogP) is 2.36. The van der Waals surface area contributed by atoms with Gasteiger partial charge in [-0.15, -0.1) is 0 Å². The van der Waals surface area contributed by atoms with Crippen LogP contribution in [-0.4, -0.2) is 42.6 Å². The molecule has 1 aromatic carbocycles. The van der Waals surface area contributed by atoms with Crippen molar-refractivity contribution in [2.75, 3.05) is 30.7 Å². The first-order valence-corrected chi connectivity index (χ1v) is 7.54. The Morgan fingerprint density at radius 1 is 1.43 bits per heavy atom. The molecule has 1 saturated heterocycles. The highest BCUT2D eigenvalue weighted by molar-refractivity contribution is 6.31. The number of amides is 1. The van der Waals surface area contributed by atoms with E-state index < -0.39 is 0 Å². The van der Waals surface area contributed by atoms with Crippen LogP contribution in [0.5, 0.6) is 0 Å². The van der Waals surface area contributed by atoms with Crippen LogP contribution in [0, 0.1) is 0 Å². The number of hydrogen-bond acceptors (Lipinski definition) is 4. The summed E-state index contributed by atoms with van der Waals surface area (Å²) >= 11 is 5.83. The number of nitrogens with zero attached hydrogens (tertiary/aromatic N) is 1. The number of hydrogen-bond donors (Lipinski definition) is 2. The van der Waals surface area contributed by atoms with Gasteiger partial charge in [-0.05, 0) is 32.0 Å². The zero-order valence-electron chi connectivity index (χ0n) is 12.4. The second kappa shape index (κ2) is 7.11. The van der Waals surface area contributed by atoms with Gasteiger partial charge in [0.2, 0.25) is 5.91 Å². The monoisotopic (exact) mass is 311 g/mol. The number of ether oxygens (including phenoxy) is 1. The Morgan fingerprint density at radius 3 is 2.71 bits per heavy atom. The van der Waals surface area contributed by atoms with Crippen molar-refractivity contribution in [1.29, 1.82) is 0 Å². The molecule has 0 saturated carbocycles. The largest absolute Gasteiger partial charge is 0.397 e. The van der Waals surface area contributed by atoms with E-state index in [-0.39, 0.29) is 18.1 Å². The van der Waals surface area contributed by atoms with E-state index in [0.717, 1.165) is 19.6 Å². The molecule has 1 aromatic rings. The molecule has 0 bridgehead atoms. The van der Waals surface area contributed by atoms with Gasteiger partial charge in [0.1, 0.15) is 0 Å². The lowest BCUT2D eigenvalue weighted by molar-refractivity contribution is -0.117. The summed E-state index contributed by atoms with van der Waals surface area (Å²) in [6, 6.07) is 5.05. The fraction of sp³-hybridized carbons (Fsp3) is 0.533. The van der Waals surface area contributed by atoms with E-state index in [1.165, 1.54) is 0 Å². The average Bonchev–Trinajstić information content (AvgIpc) is 2.39. The molecule has 5 nitrogen and oxygen atoms in total. The molecule has 3 N–H and O–H groups in total. The number of nitrogens with two attached hydrogens (primary N) is 1. The van der Waals surface area contributed by atoms with Crippen molar-refractivity contribution < 1.29 is 9.53 Å². The van der Waals surface area contributed by atoms with Crippen molar-refractivity contribution in [2.45, 2.75) is 32.5 Å². The number of carbonyl (C=O) groups is 1. The van der Waals surface area contributed by atoms with Crippen LogP contribution in [0.1, 0.15) is 20.3 Å². The van der Waals surface area contributed by atoms with Crippen molar-refractivity contribution in [1.82, 2.24) is 4.90 Å². The molecule has 0 radical (unpaired) electrons. The summed E-state index contributed by atoms with van der Waals surface area (Å²) in [5.41, 5.74) is 6.90. The Hall–Kier alpha value is -1.30. The number of nitrogens with one attached hydrogen (secondary N) is 1. The molecule has 21 heavy (non-hydrogen) atoms. The van der Waals surface area contributed by atoms with Crippen LogP contribution in [0.25, 0.3) is 0 Å². The summed E-state index contributed by atoms with van der Waals surface area (Å²) in [5, 5.41) is 3.38. The summed E-state index contributed by atoms with van der Waals surface area (Å²) in [6.07, 6.45) is 0.856. The second-order valence-electron chi connectivity index (χ2n) is 5.55. The van der Waals surface area contributed by atoms with E-state index in [1.54, 1.807) is 18.2 Å². The van der Waals surface area contributed by atoms with E-state index in [2.05, 4.69) is 24.1 Å². The third-order valence-corrected chi connectivity index (χ3v) is 3.67. The maximum absolute atomic E-state index is 12.0. The number of carbonyl (C=O) groups excluding carboxylic acids is 1. The summed E-state index contributed by atoms with van der Waals surface area (Å²) in [4.78, 5) is 14.3. The quantitative estimate of drug-likeness (QED) is 0.838. The molecule has 0 aliphatic carbocycles. The average molecular weight is 312 g/mol. The Balaban J connectivity index is 1.82. The summed E-state index contributed by atoms with van der Waals surface area (Å²) in [7, 11) is 0. The third kappa shape index (κ3) is 4.88. The molecule has 116 valence electrons. The SMILES string of the molecule is C[C@@H]1CN(CCC(=O)Nc2ccc(Cl)cc2N)C[C@H](C)O1. The van der Waals surface area contributed by atoms with Crippen LogP contribution in [0.4, 0.5) is 11.4 Å². The summed E-state index contributed by atoms with van der Waals surface area (Å²) < 4.78 is 5.67. The van der Waals surface area contributed by atoms with Crippen LogP contribution in [-0.2, 0) is 9.53 Å². The van der Waals surface area contributed by atoms with Crippen LogP contribution < -0.4 is 11.1 Å². The highest BCUT2D eigenvalue weighted by atomic mass is 35.5. The topological polar surface area (TPSA) is 67.6 Å². The first-order valence-electron chi connectivity index (χ1n) is 7.16. The second-order valence-corrected chi connectivity index (χ2v) is 5.98. The molecule has 1 fully saturated rings. The summed E-state index contributed by atoms with van der Waals surface area (Å²) in [6.45, 7) is 6.55. The fourth-order valence-corrected chi connectivity index (χ4v) is 2.77. The van der Waals surface area contributed by atoms with Crippen molar-refractivity contribution in [2.24, 2.45) is 0 Å². The number of benzene rings is 1. The highest BCUT2D eigenvalue weighted by Crippen LogP contribution is 2.22. The minimum absolute atomic E-state index is 0.0455. The van der Waals surface area contributed by atoms with Gasteiger partial charge < -0.3 is 15.8 Å². The zero-order valence-corrected chi connectivity index (χ0v) is 13.2. The highest BCUT2D eigenvalue weighted by Gasteiger charge is 2.22. The van der Waals surface area contributed by atoms with E-state index >= 15 is 0 Å². The van der Waals surface area contributed by atoms with E-state index in [0.29, 0.717) is 22.8 Å². The number of nitrogen functional groups attached to an aromatic ring is 1. The van der Waals surface area contributed by atoms with Gasteiger partial charge in [0.05, 0.1) is 23.6 Å². The Morgan fingerprint density at radius 2 is 2.10 bits per heavy atom. The Bertz CT molecular complexity index is 500. The molecule has 0 spiro atoms. The lowest BCUT2D eigenvalue weighted by Crippen LogP contribution is -2.46. The Kier molecular flexibility index (Phi) is 5.45. The van der Waals surface area contributed by atoms with Crippen molar-refractivity contribution in [3.8, 4) is 0 Å². The molecule has 1 heterocycles. The van der Waals surface area contributed by atoms with E-state index in [4.69, 9.17) is 22.1 Å². The van der Waals surface area contributed by atoms with Gasteiger partial charge in [0.15, 0.2) is 0 Å². The third-order valence-electron chi connectivity index (χ3n) is 3.44. The van der Waals surface area contributed by atoms with Crippen molar-refractivity contribution in [3.63, 3.8) is 0 Å². The van der Waals surface area contributed by atoms with Crippen LogP contribution in [0.3, 0.4) is 0 Å². The molecule has 1 amide bonds.